The molecule has 1 amide bonds. The second-order valence-electron chi connectivity index (χ2n) is 6.71. The Bertz CT molecular complexity index is 1020. The van der Waals surface area contributed by atoms with E-state index >= 15 is 0 Å². The minimum atomic E-state index is -0.532. The third kappa shape index (κ3) is 4.05. The van der Waals surface area contributed by atoms with Gasteiger partial charge < -0.3 is 19.1 Å². The predicted octanol–water partition coefficient (Wildman–Crippen LogP) is 4.32. The fourth-order valence-electron chi connectivity index (χ4n) is 3.22. The second kappa shape index (κ2) is 8.13. The Morgan fingerprint density at radius 1 is 1.17 bits per heavy atom. The number of aryl methyl sites for hydroxylation is 1. The van der Waals surface area contributed by atoms with E-state index in [0.29, 0.717) is 18.9 Å². The molecule has 1 aliphatic heterocycles. The summed E-state index contributed by atoms with van der Waals surface area (Å²) in [6.45, 7) is 4.53. The molecule has 0 bridgehead atoms. The van der Waals surface area contributed by atoms with E-state index in [0.717, 1.165) is 33.5 Å². The van der Waals surface area contributed by atoms with Gasteiger partial charge in [0, 0.05) is 10.9 Å². The Hall–Kier alpha value is -3.06. The van der Waals surface area contributed by atoms with E-state index < -0.39 is 6.10 Å². The molecule has 0 saturated carbocycles. The molecule has 0 aliphatic carbocycles. The number of fused-ring (bicyclic) bond motifs is 1. The number of anilines is 1. The van der Waals surface area contributed by atoms with E-state index in [2.05, 4.69) is 4.98 Å². The van der Waals surface area contributed by atoms with Crippen molar-refractivity contribution in [2.75, 3.05) is 25.2 Å². The van der Waals surface area contributed by atoms with Gasteiger partial charge in [0.1, 0.15) is 23.9 Å². The standard InChI is InChI=1S/C22H22N2O4S/c1-14-22(25)24(10-11-27-18-7-5-17(26-3)6-8-18)20-12-16(4-9-21(20)28-14)19-13-29-15(2)23-19/h4-9,12-14H,10-11H2,1-3H3. The van der Waals surface area contributed by atoms with E-state index in [1.807, 2.05) is 54.8 Å². The number of benzene rings is 2. The Kier molecular flexibility index (Phi) is 5.40. The molecule has 0 fully saturated rings. The van der Waals surface area contributed by atoms with Crippen LogP contribution in [0.1, 0.15) is 11.9 Å². The molecule has 3 aromatic rings. The summed E-state index contributed by atoms with van der Waals surface area (Å²) in [5.41, 5.74) is 2.60. The molecule has 7 heteroatoms. The SMILES string of the molecule is COc1ccc(OCCN2C(=O)C(C)Oc3ccc(-c4csc(C)n4)cc32)cc1. The quantitative estimate of drug-likeness (QED) is 0.606. The van der Waals surface area contributed by atoms with Gasteiger partial charge >= 0.3 is 0 Å². The first kappa shape index (κ1) is 19.3. The lowest BCUT2D eigenvalue weighted by Crippen LogP contribution is -2.46. The fourth-order valence-corrected chi connectivity index (χ4v) is 3.84. The number of amides is 1. The van der Waals surface area contributed by atoms with E-state index in [-0.39, 0.29) is 5.91 Å². The molecule has 29 heavy (non-hydrogen) atoms. The van der Waals surface area contributed by atoms with Crippen LogP contribution in [0.15, 0.2) is 47.8 Å². The minimum absolute atomic E-state index is 0.0811. The molecule has 0 spiro atoms. The molecule has 0 radical (unpaired) electrons. The van der Waals surface area contributed by atoms with E-state index in [1.165, 1.54) is 0 Å². The highest BCUT2D eigenvalue weighted by Crippen LogP contribution is 2.37. The Morgan fingerprint density at radius 2 is 1.93 bits per heavy atom. The van der Waals surface area contributed by atoms with Gasteiger partial charge in [0.25, 0.3) is 5.91 Å². The van der Waals surface area contributed by atoms with Crippen molar-refractivity contribution in [3.8, 4) is 28.5 Å². The Morgan fingerprint density at radius 3 is 2.62 bits per heavy atom. The monoisotopic (exact) mass is 410 g/mol. The smallest absolute Gasteiger partial charge is 0.267 e. The molecule has 2 aromatic carbocycles. The molecule has 150 valence electrons. The Labute approximate surface area is 173 Å². The summed E-state index contributed by atoms with van der Waals surface area (Å²) in [6.07, 6.45) is -0.532. The molecule has 0 N–H and O–H groups in total. The van der Waals surface area contributed by atoms with Gasteiger partial charge in [-0.15, -0.1) is 11.3 Å². The van der Waals surface area contributed by atoms with Crippen LogP contribution in [0.4, 0.5) is 5.69 Å². The van der Waals surface area contributed by atoms with Crippen LogP contribution in [0.3, 0.4) is 0 Å². The van der Waals surface area contributed by atoms with Crippen LogP contribution in [0.25, 0.3) is 11.3 Å². The number of thiazole rings is 1. The third-order valence-corrected chi connectivity index (χ3v) is 5.50. The molecule has 6 nitrogen and oxygen atoms in total. The van der Waals surface area contributed by atoms with Gasteiger partial charge in [-0.3, -0.25) is 4.79 Å². The minimum Gasteiger partial charge on any atom is -0.497 e. The lowest BCUT2D eigenvalue weighted by atomic mass is 10.1. The van der Waals surface area contributed by atoms with Gasteiger partial charge in [0.05, 0.1) is 30.0 Å². The fraction of sp³-hybridized carbons (Fsp3) is 0.273. The van der Waals surface area contributed by atoms with Crippen LogP contribution in [0.5, 0.6) is 17.2 Å². The van der Waals surface area contributed by atoms with Gasteiger partial charge in [-0.1, -0.05) is 0 Å². The molecule has 0 saturated heterocycles. The van der Waals surface area contributed by atoms with Crippen LogP contribution in [0.2, 0.25) is 0 Å². The number of carbonyl (C=O) groups is 1. The summed E-state index contributed by atoms with van der Waals surface area (Å²) in [6, 6.07) is 13.2. The average molecular weight is 410 g/mol. The first-order valence-electron chi connectivity index (χ1n) is 9.36. The molecule has 2 heterocycles. The molecule has 1 aliphatic rings. The lowest BCUT2D eigenvalue weighted by molar-refractivity contribution is -0.125. The van der Waals surface area contributed by atoms with Crippen LogP contribution < -0.4 is 19.1 Å². The number of ether oxygens (including phenoxy) is 3. The largest absolute Gasteiger partial charge is 0.497 e. The first-order valence-corrected chi connectivity index (χ1v) is 10.2. The van der Waals surface area contributed by atoms with Crippen molar-refractivity contribution in [1.82, 2.24) is 4.98 Å². The summed E-state index contributed by atoms with van der Waals surface area (Å²) >= 11 is 1.60. The molecule has 1 unspecified atom stereocenters. The van der Waals surface area contributed by atoms with Gasteiger partial charge in [-0.2, -0.15) is 0 Å². The van der Waals surface area contributed by atoms with Crippen molar-refractivity contribution in [3.63, 3.8) is 0 Å². The zero-order chi connectivity index (χ0) is 20.4. The maximum absolute atomic E-state index is 12.8. The van der Waals surface area contributed by atoms with Gasteiger partial charge in [0.2, 0.25) is 0 Å². The highest BCUT2D eigenvalue weighted by molar-refractivity contribution is 7.09. The van der Waals surface area contributed by atoms with Crippen molar-refractivity contribution < 1.29 is 19.0 Å². The van der Waals surface area contributed by atoms with Gasteiger partial charge in [-0.25, -0.2) is 4.98 Å². The summed E-state index contributed by atoms with van der Waals surface area (Å²) in [4.78, 5) is 19.1. The first-order chi connectivity index (χ1) is 14.0. The summed E-state index contributed by atoms with van der Waals surface area (Å²) < 4.78 is 16.8. The van der Waals surface area contributed by atoms with Gasteiger partial charge in [0.15, 0.2) is 6.10 Å². The molecular weight excluding hydrogens is 388 g/mol. The van der Waals surface area contributed by atoms with Crippen molar-refractivity contribution in [3.05, 3.63) is 52.9 Å². The van der Waals surface area contributed by atoms with Gasteiger partial charge in [-0.05, 0) is 56.3 Å². The number of nitrogens with zero attached hydrogens (tertiary/aromatic N) is 2. The summed E-state index contributed by atoms with van der Waals surface area (Å²) in [7, 11) is 1.62. The van der Waals surface area contributed by atoms with Crippen LogP contribution in [-0.4, -0.2) is 37.3 Å². The highest BCUT2D eigenvalue weighted by Gasteiger charge is 2.31. The Balaban J connectivity index is 1.53. The van der Waals surface area contributed by atoms with E-state index in [4.69, 9.17) is 14.2 Å². The number of hydrogen-bond acceptors (Lipinski definition) is 6. The molecular formula is C22H22N2O4S. The molecule has 1 atom stereocenters. The molecule has 1 aromatic heterocycles. The zero-order valence-electron chi connectivity index (χ0n) is 16.5. The van der Waals surface area contributed by atoms with Crippen molar-refractivity contribution >= 4 is 22.9 Å². The van der Waals surface area contributed by atoms with Crippen LogP contribution in [0, 0.1) is 6.92 Å². The van der Waals surface area contributed by atoms with E-state index in [9.17, 15) is 4.79 Å². The number of carbonyl (C=O) groups excluding carboxylic acids is 1. The number of hydrogen-bond donors (Lipinski definition) is 0. The van der Waals surface area contributed by atoms with Crippen LogP contribution in [-0.2, 0) is 4.79 Å². The predicted molar refractivity (Wildman–Crippen MR) is 113 cm³/mol. The lowest BCUT2D eigenvalue weighted by Gasteiger charge is -2.33. The summed E-state index contributed by atoms with van der Waals surface area (Å²) in [5.74, 6) is 2.11. The number of aromatic nitrogens is 1. The second-order valence-corrected chi connectivity index (χ2v) is 7.77. The third-order valence-electron chi connectivity index (χ3n) is 4.73. The normalized spacial score (nSPS) is 15.6. The average Bonchev–Trinajstić information content (AvgIpc) is 3.17. The zero-order valence-corrected chi connectivity index (χ0v) is 17.4. The highest BCUT2D eigenvalue weighted by atomic mass is 32.1. The topological polar surface area (TPSA) is 60.9 Å². The van der Waals surface area contributed by atoms with E-state index in [1.54, 1.807) is 30.3 Å². The van der Waals surface area contributed by atoms with Crippen molar-refractivity contribution in [1.29, 1.82) is 0 Å². The maximum atomic E-state index is 12.8. The summed E-state index contributed by atoms with van der Waals surface area (Å²) in [5, 5.41) is 3.02. The number of rotatable bonds is 6. The van der Waals surface area contributed by atoms with Crippen LogP contribution >= 0.6 is 11.3 Å². The maximum Gasteiger partial charge on any atom is 0.267 e. The molecule has 4 rings (SSSR count). The van der Waals surface area contributed by atoms with Crippen molar-refractivity contribution in [2.24, 2.45) is 0 Å². The van der Waals surface area contributed by atoms with Crippen molar-refractivity contribution in [2.45, 2.75) is 20.0 Å². The number of methoxy groups -OCH3 is 1.